The van der Waals surface area contributed by atoms with Crippen LogP contribution in [0.5, 0.6) is 0 Å². The van der Waals surface area contributed by atoms with Crippen molar-refractivity contribution in [3.8, 4) is 0 Å². The molecular weight excluding hydrogens is 297 g/mol. The molecule has 108 valence electrons. The molecule has 1 N–H and O–H groups in total. The fourth-order valence-electron chi connectivity index (χ4n) is 3.40. The molecule has 1 saturated heterocycles. The molecule has 20 heavy (non-hydrogen) atoms. The van der Waals surface area contributed by atoms with Gasteiger partial charge in [-0.15, -0.1) is 0 Å². The fourth-order valence-corrected chi connectivity index (χ4v) is 3.94. The number of amides is 1. The molecular formula is C15H17Cl2NO2. The summed E-state index contributed by atoms with van der Waals surface area (Å²) >= 11 is 12.2. The summed E-state index contributed by atoms with van der Waals surface area (Å²) in [6.45, 7) is 1.41. The first-order valence-corrected chi connectivity index (χ1v) is 7.70. The first kappa shape index (κ1) is 14.2. The van der Waals surface area contributed by atoms with Crippen LogP contribution in [0.1, 0.15) is 18.4 Å². The van der Waals surface area contributed by atoms with Crippen LogP contribution >= 0.6 is 23.2 Å². The summed E-state index contributed by atoms with van der Waals surface area (Å²) in [6.07, 6.45) is 1.87. The Morgan fingerprint density at radius 1 is 1.25 bits per heavy atom. The highest BCUT2D eigenvalue weighted by Crippen LogP contribution is 2.38. The maximum absolute atomic E-state index is 12.4. The Kier molecular flexibility index (Phi) is 3.93. The molecule has 2 fully saturated rings. The van der Waals surface area contributed by atoms with Crippen molar-refractivity contribution in [2.45, 2.75) is 25.4 Å². The zero-order valence-electron chi connectivity index (χ0n) is 11.1. The van der Waals surface area contributed by atoms with Crippen molar-refractivity contribution in [3.05, 3.63) is 33.8 Å². The number of fused-ring (bicyclic) bond motifs is 1. The number of hydrogen-bond acceptors (Lipinski definition) is 2. The quantitative estimate of drug-likeness (QED) is 0.912. The molecule has 1 aliphatic carbocycles. The number of hydrogen-bond donors (Lipinski definition) is 1. The molecule has 0 bridgehead atoms. The summed E-state index contributed by atoms with van der Waals surface area (Å²) in [5, 5.41) is 11.0. The monoisotopic (exact) mass is 313 g/mol. The van der Waals surface area contributed by atoms with Gasteiger partial charge in [-0.2, -0.15) is 0 Å². The number of aliphatic hydroxyl groups is 1. The molecule has 1 amide bonds. The van der Waals surface area contributed by atoms with Crippen LogP contribution in [0.15, 0.2) is 18.2 Å². The average molecular weight is 314 g/mol. The van der Waals surface area contributed by atoms with E-state index in [1.807, 2.05) is 4.90 Å². The van der Waals surface area contributed by atoms with Gasteiger partial charge in [0, 0.05) is 29.1 Å². The van der Waals surface area contributed by atoms with Crippen molar-refractivity contribution in [2.75, 3.05) is 13.1 Å². The minimum Gasteiger partial charge on any atom is -0.393 e. The molecule has 1 aliphatic heterocycles. The van der Waals surface area contributed by atoms with Crippen LogP contribution < -0.4 is 0 Å². The summed E-state index contributed by atoms with van der Waals surface area (Å²) in [5.74, 6) is 0.748. The van der Waals surface area contributed by atoms with Crippen LogP contribution in [-0.4, -0.2) is 35.1 Å². The summed E-state index contributed by atoms with van der Waals surface area (Å²) < 4.78 is 0. The van der Waals surface area contributed by atoms with Gasteiger partial charge in [0.25, 0.3) is 0 Å². The maximum Gasteiger partial charge on any atom is 0.227 e. The first-order valence-electron chi connectivity index (χ1n) is 6.95. The highest BCUT2D eigenvalue weighted by atomic mass is 35.5. The second-order valence-electron chi connectivity index (χ2n) is 5.74. The van der Waals surface area contributed by atoms with Crippen LogP contribution in [0.25, 0.3) is 0 Å². The van der Waals surface area contributed by atoms with Gasteiger partial charge in [0.1, 0.15) is 0 Å². The first-order chi connectivity index (χ1) is 9.56. The predicted octanol–water partition coefficient (Wildman–Crippen LogP) is 2.77. The largest absolute Gasteiger partial charge is 0.393 e. The molecule has 2 aliphatic rings. The predicted molar refractivity (Wildman–Crippen MR) is 79.0 cm³/mol. The van der Waals surface area contributed by atoms with E-state index in [-0.39, 0.29) is 24.3 Å². The Balaban J connectivity index is 1.69. The van der Waals surface area contributed by atoms with Crippen LogP contribution in [0.2, 0.25) is 10.0 Å². The standard InChI is InChI=1S/C15H17Cl2NO2/c16-12-2-1-3-13(17)10(12)6-15(20)18-7-9-4-5-14(19)11(9)8-18/h1-3,9,11,14,19H,4-8H2. The lowest BCUT2D eigenvalue weighted by atomic mass is 10.00. The Labute approximate surface area is 128 Å². The van der Waals surface area contributed by atoms with E-state index >= 15 is 0 Å². The molecule has 3 atom stereocenters. The zero-order valence-corrected chi connectivity index (χ0v) is 12.6. The Hall–Kier alpha value is -0.770. The molecule has 3 unspecified atom stereocenters. The number of rotatable bonds is 2. The minimum atomic E-state index is -0.248. The average Bonchev–Trinajstić information content (AvgIpc) is 2.97. The smallest absolute Gasteiger partial charge is 0.227 e. The Morgan fingerprint density at radius 3 is 2.60 bits per heavy atom. The van der Waals surface area contributed by atoms with Gasteiger partial charge in [0.2, 0.25) is 5.91 Å². The Morgan fingerprint density at radius 2 is 1.95 bits per heavy atom. The van der Waals surface area contributed by atoms with Gasteiger partial charge in [-0.05, 0) is 36.5 Å². The van der Waals surface area contributed by atoms with E-state index < -0.39 is 0 Å². The van der Waals surface area contributed by atoms with E-state index in [4.69, 9.17) is 23.2 Å². The molecule has 1 saturated carbocycles. The number of aliphatic hydroxyl groups excluding tert-OH is 1. The maximum atomic E-state index is 12.4. The third kappa shape index (κ3) is 2.54. The highest BCUT2D eigenvalue weighted by Gasteiger charge is 2.43. The zero-order chi connectivity index (χ0) is 14.3. The summed E-state index contributed by atoms with van der Waals surface area (Å²) in [4.78, 5) is 14.2. The highest BCUT2D eigenvalue weighted by molar-refractivity contribution is 6.36. The van der Waals surface area contributed by atoms with E-state index in [9.17, 15) is 9.90 Å². The molecule has 5 heteroatoms. The topological polar surface area (TPSA) is 40.5 Å². The summed E-state index contributed by atoms with van der Waals surface area (Å²) in [6, 6.07) is 5.27. The van der Waals surface area contributed by atoms with Gasteiger partial charge >= 0.3 is 0 Å². The van der Waals surface area contributed by atoms with Crippen molar-refractivity contribution in [1.82, 2.24) is 4.90 Å². The lowest BCUT2D eigenvalue weighted by Crippen LogP contribution is -2.32. The van der Waals surface area contributed by atoms with Crippen LogP contribution in [0.3, 0.4) is 0 Å². The van der Waals surface area contributed by atoms with Gasteiger partial charge in [0.15, 0.2) is 0 Å². The number of carbonyl (C=O) groups is 1. The fraction of sp³-hybridized carbons (Fsp3) is 0.533. The third-order valence-corrected chi connectivity index (χ3v) is 5.27. The van der Waals surface area contributed by atoms with E-state index in [1.165, 1.54) is 0 Å². The van der Waals surface area contributed by atoms with Crippen LogP contribution in [-0.2, 0) is 11.2 Å². The molecule has 0 radical (unpaired) electrons. The number of nitrogens with zero attached hydrogens (tertiary/aromatic N) is 1. The summed E-state index contributed by atoms with van der Waals surface area (Å²) in [7, 11) is 0. The molecule has 0 spiro atoms. The van der Waals surface area contributed by atoms with Gasteiger partial charge < -0.3 is 10.0 Å². The van der Waals surface area contributed by atoms with E-state index in [0.29, 0.717) is 28.1 Å². The van der Waals surface area contributed by atoms with Crippen LogP contribution in [0.4, 0.5) is 0 Å². The van der Waals surface area contributed by atoms with E-state index in [1.54, 1.807) is 18.2 Å². The SMILES string of the molecule is O=C(Cc1c(Cl)cccc1Cl)N1CC2CCC(O)C2C1. The van der Waals surface area contributed by atoms with Gasteiger partial charge in [0.05, 0.1) is 12.5 Å². The number of benzene rings is 1. The third-order valence-electron chi connectivity index (χ3n) is 4.56. The van der Waals surface area contributed by atoms with Gasteiger partial charge in [-0.25, -0.2) is 0 Å². The van der Waals surface area contributed by atoms with Gasteiger partial charge in [-0.3, -0.25) is 4.79 Å². The summed E-state index contributed by atoms with van der Waals surface area (Å²) in [5.41, 5.74) is 0.693. The Bertz CT molecular complexity index is 514. The molecule has 1 aromatic carbocycles. The number of halogens is 2. The molecule has 1 heterocycles. The normalized spacial score (nSPS) is 28.8. The second-order valence-corrected chi connectivity index (χ2v) is 6.56. The lowest BCUT2D eigenvalue weighted by Gasteiger charge is -2.19. The van der Waals surface area contributed by atoms with Crippen LogP contribution in [0, 0.1) is 11.8 Å². The van der Waals surface area contributed by atoms with Crippen molar-refractivity contribution in [3.63, 3.8) is 0 Å². The molecule has 3 rings (SSSR count). The van der Waals surface area contributed by atoms with Crippen molar-refractivity contribution >= 4 is 29.1 Å². The minimum absolute atomic E-state index is 0.0431. The van der Waals surface area contributed by atoms with E-state index in [0.717, 1.165) is 19.4 Å². The van der Waals surface area contributed by atoms with Crippen molar-refractivity contribution in [2.24, 2.45) is 11.8 Å². The van der Waals surface area contributed by atoms with E-state index in [2.05, 4.69) is 0 Å². The molecule has 0 aromatic heterocycles. The van der Waals surface area contributed by atoms with Crippen molar-refractivity contribution < 1.29 is 9.90 Å². The number of likely N-dealkylation sites (tertiary alicyclic amines) is 1. The van der Waals surface area contributed by atoms with Gasteiger partial charge in [-0.1, -0.05) is 29.3 Å². The van der Waals surface area contributed by atoms with Crippen molar-refractivity contribution in [1.29, 1.82) is 0 Å². The number of carbonyl (C=O) groups excluding carboxylic acids is 1. The molecule has 3 nitrogen and oxygen atoms in total. The second kappa shape index (κ2) is 5.55. The lowest BCUT2D eigenvalue weighted by molar-refractivity contribution is -0.129. The molecule has 1 aromatic rings.